The highest BCUT2D eigenvalue weighted by molar-refractivity contribution is 6.17. The van der Waals surface area contributed by atoms with Crippen molar-refractivity contribution in [1.29, 1.82) is 0 Å². The summed E-state index contributed by atoms with van der Waals surface area (Å²) in [6.07, 6.45) is 0. The highest BCUT2D eigenvalue weighted by Gasteiger charge is 2.20. The highest BCUT2D eigenvalue weighted by Crippen LogP contribution is 2.43. The van der Waals surface area contributed by atoms with E-state index < -0.39 is 0 Å². The zero-order chi connectivity index (χ0) is 35.6. The number of furan rings is 2. The molecule has 0 N–H and O–H groups in total. The minimum atomic E-state index is 0.592. The number of oxazole rings is 1. The maximum absolute atomic E-state index is 6.53. The van der Waals surface area contributed by atoms with Crippen LogP contribution in [0.3, 0.4) is 0 Å². The Hall–Kier alpha value is -7.37. The summed E-state index contributed by atoms with van der Waals surface area (Å²) < 4.78 is 19.3. The van der Waals surface area contributed by atoms with Crippen LogP contribution in [0.4, 0.5) is 17.1 Å². The van der Waals surface area contributed by atoms with E-state index >= 15 is 0 Å². The van der Waals surface area contributed by atoms with Gasteiger partial charge in [0.15, 0.2) is 5.58 Å². The maximum atomic E-state index is 6.53. The molecule has 0 radical (unpaired) electrons. The molecule has 0 spiro atoms. The first-order valence-corrected chi connectivity index (χ1v) is 18.0. The molecule has 0 aliphatic heterocycles. The Morgan fingerprint density at radius 1 is 0.370 bits per heavy atom. The number of hydrogen-bond donors (Lipinski definition) is 0. The van der Waals surface area contributed by atoms with E-state index in [1.54, 1.807) is 0 Å². The molecule has 5 nitrogen and oxygen atoms in total. The average Bonchev–Trinajstić information content (AvgIpc) is 3.95. The molecule has 3 aromatic heterocycles. The third-order valence-electron chi connectivity index (χ3n) is 10.3. The van der Waals surface area contributed by atoms with Crippen molar-refractivity contribution in [3.05, 3.63) is 182 Å². The number of anilines is 3. The van der Waals surface area contributed by atoms with Crippen LogP contribution in [0, 0.1) is 0 Å². The summed E-state index contributed by atoms with van der Waals surface area (Å²) in [5.74, 6) is 0.592. The SMILES string of the molecule is c1ccc(-c2ccc(N(c3ccc(-c4cccc5c4oc4ccccc45)cc3)c3ccc4c(c3)oc3ccc5nc(-c6ccccc6)oc5c34)cc2)cc1. The van der Waals surface area contributed by atoms with Gasteiger partial charge in [0.2, 0.25) is 5.89 Å². The molecule has 0 saturated heterocycles. The summed E-state index contributed by atoms with van der Waals surface area (Å²) in [6, 6.07) is 62.8. The van der Waals surface area contributed by atoms with Gasteiger partial charge in [-0.2, -0.15) is 0 Å². The lowest BCUT2D eigenvalue weighted by atomic mass is 10.0. The quantitative estimate of drug-likeness (QED) is 0.173. The average molecular weight is 695 g/mol. The molecular formula is C49H30N2O3. The van der Waals surface area contributed by atoms with Crippen molar-refractivity contribution >= 4 is 72.0 Å². The van der Waals surface area contributed by atoms with Crippen LogP contribution in [0.15, 0.2) is 195 Å². The van der Waals surface area contributed by atoms with Gasteiger partial charge in [-0.25, -0.2) is 4.98 Å². The molecule has 8 aromatic carbocycles. The number of fused-ring (bicyclic) bond motifs is 8. The lowest BCUT2D eigenvalue weighted by Gasteiger charge is -2.26. The van der Waals surface area contributed by atoms with E-state index in [1.165, 1.54) is 5.56 Å². The van der Waals surface area contributed by atoms with Crippen molar-refractivity contribution in [3.63, 3.8) is 0 Å². The van der Waals surface area contributed by atoms with Gasteiger partial charge in [0.05, 0.1) is 5.39 Å². The van der Waals surface area contributed by atoms with Crippen LogP contribution in [0.1, 0.15) is 0 Å². The van der Waals surface area contributed by atoms with Gasteiger partial charge in [0.1, 0.15) is 27.8 Å². The first kappa shape index (κ1) is 30.3. The molecule has 0 saturated carbocycles. The van der Waals surface area contributed by atoms with Gasteiger partial charge in [-0.05, 0) is 83.4 Å². The van der Waals surface area contributed by atoms with Gasteiger partial charge in [-0.15, -0.1) is 0 Å². The Morgan fingerprint density at radius 2 is 1.02 bits per heavy atom. The third kappa shape index (κ3) is 4.90. The monoisotopic (exact) mass is 694 g/mol. The van der Waals surface area contributed by atoms with Crippen molar-refractivity contribution < 1.29 is 13.3 Å². The molecule has 54 heavy (non-hydrogen) atoms. The largest absolute Gasteiger partial charge is 0.456 e. The molecular weight excluding hydrogens is 665 g/mol. The summed E-state index contributed by atoms with van der Waals surface area (Å²) in [6.45, 7) is 0. The fraction of sp³-hybridized carbons (Fsp3) is 0. The Balaban J connectivity index is 1.03. The van der Waals surface area contributed by atoms with Crippen molar-refractivity contribution in [2.24, 2.45) is 0 Å². The minimum absolute atomic E-state index is 0.592. The van der Waals surface area contributed by atoms with Crippen molar-refractivity contribution in [2.45, 2.75) is 0 Å². The number of benzene rings is 8. The Kier molecular flexibility index (Phi) is 6.79. The molecule has 0 aliphatic rings. The molecule has 3 heterocycles. The van der Waals surface area contributed by atoms with Crippen LogP contribution >= 0.6 is 0 Å². The first-order chi connectivity index (χ1) is 26.7. The van der Waals surface area contributed by atoms with Crippen LogP contribution in [-0.2, 0) is 0 Å². The van der Waals surface area contributed by atoms with Gasteiger partial charge >= 0.3 is 0 Å². The van der Waals surface area contributed by atoms with Crippen LogP contribution in [0.2, 0.25) is 0 Å². The second-order valence-corrected chi connectivity index (χ2v) is 13.5. The summed E-state index contributed by atoms with van der Waals surface area (Å²) >= 11 is 0. The predicted molar refractivity (Wildman–Crippen MR) is 220 cm³/mol. The third-order valence-corrected chi connectivity index (χ3v) is 10.3. The summed E-state index contributed by atoms with van der Waals surface area (Å²) in [4.78, 5) is 7.08. The fourth-order valence-corrected chi connectivity index (χ4v) is 7.72. The second-order valence-electron chi connectivity index (χ2n) is 13.5. The Bertz CT molecular complexity index is 3140. The molecule has 0 atom stereocenters. The molecule has 11 aromatic rings. The molecule has 5 heteroatoms. The first-order valence-electron chi connectivity index (χ1n) is 18.0. The lowest BCUT2D eigenvalue weighted by Crippen LogP contribution is -2.09. The van der Waals surface area contributed by atoms with Crippen LogP contribution in [-0.4, -0.2) is 4.98 Å². The summed E-state index contributed by atoms with van der Waals surface area (Å²) in [5.41, 5.74) is 13.3. The fourth-order valence-electron chi connectivity index (χ4n) is 7.72. The molecule has 0 unspecified atom stereocenters. The van der Waals surface area contributed by atoms with Gasteiger partial charge < -0.3 is 18.2 Å². The lowest BCUT2D eigenvalue weighted by molar-refractivity contribution is 0.622. The van der Waals surface area contributed by atoms with E-state index in [4.69, 9.17) is 18.2 Å². The summed E-state index contributed by atoms with van der Waals surface area (Å²) in [7, 11) is 0. The standard InChI is InChI=1S/C49H30N2O3/c1-3-10-31(11-4-1)32-18-22-35(23-19-32)51(36-24-20-33(21-25-36)38-15-9-16-40-39-14-7-8-17-43(39)53-47(38)40)37-26-27-41-45(30-37)52-44-29-28-42-48(46(41)44)54-49(50-42)34-12-5-2-6-13-34/h1-30H. The predicted octanol–water partition coefficient (Wildman–Crippen LogP) is 14.1. The zero-order valence-corrected chi connectivity index (χ0v) is 28.9. The number of para-hydroxylation sites is 2. The molecule has 0 aliphatic carbocycles. The van der Waals surface area contributed by atoms with Crippen LogP contribution < -0.4 is 4.90 Å². The van der Waals surface area contributed by atoms with E-state index in [0.29, 0.717) is 5.89 Å². The number of hydrogen-bond acceptors (Lipinski definition) is 5. The van der Waals surface area contributed by atoms with Crippen molar-refractivity contribution in [3.8, 4) is 33.7 Å². The Morgan fingerprint density at radius 3 is 1.80 bits per heavy atom. The molecule has 0 amide bonds. The second kappa shape index (κ2) is 12.1. The summed E-state index contributed by atoms with van der Waals surface area (Å²) in [5, 5.41) is 4.14. The van der Waals surface area contributed by atoms with Crippen LogP contribution in [0.5, 0.6) is 0 Å². The van der Waals surface area contributed by atoms with E-state index in [0.717, 1.165) is 94.3 Å². The molecule has 0 bridgehead atoms. The smallest absolute Gasteiger partial charge is 0.227 e. The van der Waals surface area contributed by atoms with Crippen molar-refractivity contribution in [1.82, 2.24) is 4.98 Å². The van der Waals surface area contributed by atoms with Gasteiger partial charge in [0.25, 0.3) is 0 Å². The molecule has 11 rings (SSSR count). The van der Waals surface area contributed by atoms with E-state index in [1.807, 2.05) is 60.7 Å². The topological polar surface area (TPSA) is 55.6 Å². The minimum Gasteiger partial charge on any atom is -0.456 e. The van der Waals surface area contributed by atoms with E-state index in [-0.39, 0.29) is 0 Å². The Labute approximate surface area is 309 Å². The van der Waals surface area contributed by atoms with Gasteiger partial charge in [-0.1, -0.05) is 109 Å². The zero-order valence-electron chi connectivity index (χ0n) is 28.9. The highest BCUT2D eigenvalue weighted by atomic mass is 16.4. The van der Waals surface area contributed by atoms with E-state index in [9.17, 15) is 0 Å². The molecule has 0 fully saturated rings. The number of nitrogens with zero attached hydrogens (tertiary/aromatic N) is 2. The van der Waals surface area contributed by atoms with Gasteiger partial charge in [-0.3, -0.25) is 0 Å². The van der Waals surface area contributed by atoms with E-state index in [2.05, 4.69) is 126 Å². The molecule has 254 valence electrons. The number of aromatic nitrogens is 1. The maximum Gasteiger partial charge on any atom is 0.227 e. The normalized spacial score (nSPS) is 11.7. The van der Waals surface area contributed by atoms with Crippen LogP contribution in [0.25, 0.3) is 88.7 Å². The van der Waals surface area contributed by atoms with Gasteiger partial charge in [0, 0.05) is 50.4 Å². The number of rotatable bonds is 6. The van der Waals surface area contributed by atoms with Crippen molar-refractivity contribution in [2.75, 3.05) is 4.90 Å².